The summed E-state index contributed by atoms with van der Waals surface area (Å²) in [7, 11) is 0. The first-order valence-corrected chi connectivity index (χ1v) is 6.13. The van der Waals surface area contributed by atoms with Gasteiger partial charge in [-0.15, -0.1) is 0 Å². The number of halogens is 1. The molecule has 0 saturated heterocycles. The zero-order chi connectivity index (χ0) is 13.8. The monoisotopic (exact) mass is 279 g/mol. The molecular formula is C14H14ClNO3. The molecule has 0 heterocycles. The van der Waals surface area contributed by atoms with Gasteiger partial charge in [0.1, 0.15) is 0 Å². The Morgan fingerprint density at radius 1 is 0.842 bits per heavy atom. The van der Waals surface area contributed by atoms with Crippen molar-refractivity contribution in [3.05, 3.63) is 52.5 Å². The van der Waals surface area contributed by atoms with E-state index in [1.165, 1.54) is 6.07 Å². The maximum atomic E-state index is 9.64. The van der Waals surface area contributed by atoms with E-state index in [1.54, 1.807) is 6.07 Å². The minimum Gasteiger partial charge on any atom is -0.504 e. The van der Waals surface area contributed by atoms with Crippen molar-refractivity contribution in [3.63, 3.8) is 0 Å². The smallest absolute Gasteiger partial charge is 0.200 e. The maximum Gasteiger partial charge on any atom is 0.200 e. The highest BCUT2D eigenvalue weighted by Gasteiger charge is 2.10. The lowest BCUT2D eigenvalue weighted by atomic mass is 10.1. The van der Waals surface area contributed by atoms with E-state index in [0.29, 0.717) is 23.7 Å². The molecule has 100 valence electrons. The van der Waals surface area contributed by atoms with Crippen LogP contribution in [0.3, 0.4) is 0 Å². The fraction of sp³-hybridized carbons (Fsp3) is 0.143. The molecule has 19 heavy (non-hydrogen) atoms. The van der Waals surface area contributed by atoms with Crippen molar-refractivity contribution in [1.29, 1.82) is 0 Å². The van der Waals surface area contributed by atoms with Gasteiger partial charge in [0.15, 0.2) is 11.5 Å². The quantitative estimate of drug-likeness (QED) is 0.650. The molecule has 4 N–H and O–H groups in total. The summed E-state index contributed by atoms with van der Waals surface area (Å²) in [5, 5.41) is 32.1. The van der Waals surface area contributed by atoms with Crippen LogP contribution in [0, 0.1) is 0 Å². The van der Waals surface area contributed by atoms with Crippen molar-refractivity contribution < 1.29 is 15.3 Å². The van der Waals surface area contributed by atoms with Crippen molar-refractivity contribution in [3.8, 4) is 17.2 Å². The normalized spacial score (nSPS) is 10.6. The Bertz CT molecular complexity index is 570. The molecule has 0 saturated carbocycles. The summed E-state index contributed by atoms with van der Waals surface area (Å²) in [5.41, 5.74) is 1.58. The van der Waals surface area contributed by atoms with E-state index in [9.17, 15) is 15.3 Å². The third-order valence-electron chi connectivity index (χ3n) is 2.77. The van der Waals surface area contributed by atoms with Gasteiger partial charge in [-0.2, -0.15) is 0 Å². The van der Waals surface area contributed by atoms with Gasteiger partial charge in [0.25, 0.3) is 0 Å². The Morgan fingerprint density at radius 3 is 2.21 bits per heavy atom. The van der Waals surface area contributed by atoms with E-state index in [-0.39, 0.29) is 11.5 Å². The van der Waals surface area contributed by atoms with Gasteiger partial charge in [0, 0.05) is 23.7 Å². The number of rotatable bonds is 4. The van der Waals surface area contributed by atoms with Crippen molar-refractivity contribution >= 4 is 11.6 Å². The van der Waals surface area contributed by atoms with Crippen LogP contribution in [-0.2, 0) is 13.1 Å². The first-order chi connectivity index (χ1) is 9.08. The molecule has 4 nitrogen and oxygen atoms in total. The lowest BCUT2D eigenvalue weighted by Gasteiger charge is -2.09. The predicted molar refractivity (Wildman–Crippen MR) is 73.4 cm³/mol. The van der Waals surface area contributed by atoms with Gasteiger partial charge in [0.05, 0.1) is 0 Å². The molecule has 0 spiro atoms. The molecule has 0 aromatic heterocycles. The Labute approximate surface area is 115 Å². The number of nitrogens with one attached hydrogen (secondary N) is 1. The number of hydrogen-bond acceptors (Lipinski definition) is 4. The number of aromatic hydroxyl groups is 3. The van der Waals surface area contributed by atoms with Gasteiger partial charge in [-0.05, 0) is 23.8 Å². The van der Waals surface area contributed by atoms with Crippen LogP contribution in [0.4, 0.5) is 0 Å². The summed E-state index contributed by atoms with van der Waals surface area (Å²) in [6.07, 6.45) is 0. The summed E-state index contributed by atoms with van der Waals surface area (Å²) in [6, 6.07) is 10.3. The van der Waals surface area contributed by atoms with Crippen molar-refractivity contribution in [2.24, 2.45) is 0 Å². The van der Waals surface area contributed by atoms with E-state index in [2.05, 4.69) is 5.32 Å². The SMILES string of the molecule is Oc1ccc(CNCc2ccc(Cl)cc2)c(O)c1O. The van der Waals surface area contributed by atoms with Crippen molar-refractivity contribution in [2.75, 3.05) is 0 Å². The predicted octanol–water partition coefficient (Wildman–Crippen LogP) is 2.75. The summed E-state index contributed by atoms with van der Waals surface area (Å²) in [6.45, 7) is 0.987. The molecule has 0 atom stereocenters. The second-order valence-electron chi connectivity index (χ2n) is 4.17. The highest BCUT2D eigenvalue weighted by molar-refractivity contribution is 6.30. The standard InChI is InChI=1S/C14H14ClNO3/c15-11-4-1-9(2-5-11)7-16-8-10-3-6-12(17)14(19)13(10)18/h1-6,16-19H,7-8H2. The van der Waals surface area contributed by atoms with Gasteiger partial charge >= 0.3 is 0 Å². The van der Waals surface area contributed by atoms with Crippen LogP contribution in [-0.4, -0.2) is 15.3 Å². The van der Waals surface area contributed by atoms with Crippen LogP contribution >= 0.6 is 11.6 Å². The highest BCUT2D eigenvalue weighted by Crippen LogP contribution is 2.36. The van der Waals surface area contributed by atoms with Gasteiger partial charge in [-0.1, -0.05) is 29.8 Å². The summed E-state index contributed by atoms with van der Waals surface area (Å²) >= 11 is 5.79. The lowest BCUT2D eigenvalue weighted by Crippen LogP contribution is -2.12. The molecule has 5 heteroatoms. The molecule has 0 unspecified atom stereocenters. The summed E-state index contributed by atoms with van der Waals surface area (Å²) in [5.74, 6) is -1.13. The van der Waals surface area contributed by atoms with Gasteiger partial charge in [-0.25, -0.2) is 0 Å². The van der Waals surface area contributed by atoms with Gasteiger partial charge < -0.3 is 20.6 Å². The second-order valence-corrected chi connectivity index (χ2v) is 4.61. The molecule has 2 aromatic rings. The maximum absolute atomic E-state index is 9.64. The number of phenols is 3. The third-order valence-corrected chi connectivity index (χ3v) is 3.02. The topological polar surface area (TPSA) is 72.7 Å². The molecular weight excluding hydrogens is 266 g/mol. The minimum atomic E-state index is -0.495. The first-order valence-electron chi connectivity index (χ1n) is 5.76. The van der Waals surface area contributed by atoms with Crippen LogP contribution in [0.25, 0.3) is 0 Å². The fourth-order valence-electron chi connectivity index (χ4n) is 1.70. The van der Waals surface area contributed by atoms with Crippen LogP contribution < -0.4 is 5.32 Å². The Hall–Kier alpha value is -1.91. The molecule has 2 rings (SSSR count). The number of hydrogen-bond donors (Lipinski definition) is 4. The van der Waals surface area contributed by atoms with E-state index in [0.717, 1.165) is 5.56 Å². The van der Waals surface area contributed by atoms with Crippen LogP contribution in [0.1, 0.15) is 11.1 Å². The summed E-state index contributed by atoms with van der Waals surface area (Å²) in [4.78, 5) is 0. The van der Waals surface area contributed by atoms with Gasteiger partial charge in [-0.3, -0.25) is 0 Å². The van der Waals surface area contributed by atoms with E-state index in [1.807, 2.05) is 24.3 Å². The lowest BCUT2D eigenvalue weighted by molar-refractivity contribution is 0.364. The van der Waals surface area contributed by atoms with E-state index >= 15 is 0 Å². The van der Waals surface area contributed by atoms with E-state index in [4.69, 9.17) is 11.6 Å². The Kier molecular flexibility index (Phi) is 4.14. The highest BCUT2D eigenvalue weighted by atomic mass is 35.5. The number of benzene rings is 2. The second kappa shape index (κ2) is 5.82. The fourth-order valence-corrected chi connectivity index (χ4v) is 1.82. The zero-order valence-electron chi connectivity index (χ0n) is 10.1. The molecule has 0 amide bonds. The molecule has 2 aromatic carbocycles. The number of phenolic OH excluding ortho intramolecular Hbond substituents is 3. The molecule has 0 bridgehead atoms. The van der Waals surface area contributed by atoms with Crippen LogP contribution in [0.15, 0.2) is 36.4 Å². The molecule has 0 fully saturated rings. The van der Waals surface area contributed by atoms with Gasteiger partial charge in [0.2, 0.25) is 5.75 Å². The average Bonchev–Trinajstić information content (AvgIpc) is 2.41. The zero-order valence-corrected chi connectivity index (χ0v) is 10.9. The third kappa shape index (κ3) is 3.30. The van der Waals surface area contributed by atoms with Crippen LogP contribution in [0.2, 0.25) is 5.02 Å². The van der Waals surface area contributed by atoms with Crippen molar-refractivity contribution in [1.82, 2.24) is 5.32 Å². The molecule has 0 radical (unpaired) electrons. The minimum absolute atomic E-state index is 0.302. The molecule has 0 aliphatic heterocycles. The first kappa shape index (κ1) is 13.5. The molecule has 0 aliphatic carbocycles. The Balaban J connectivity index is 1.96. The van der Waals surface area contributed by atoms with Crippen molar-refractivity contribution in [2.45, 2.75) is 13.1 Å². The average molecular weight is 280 g/mol. The van der Waals surface area contributed by atoms with E-state index < -0.39 is 5.75 Å². The Morgan fingerprint density at radius 2 is 1.53 bits per heavy atom. The summed E-state index contributed by atoms with van der Waals surface area (Å²) < 4.78 is 0. The largest absolute Gasteiger partial charge is 0.504 e. The molecule has 0 aliphatic rings. The van der Waals surface area contributed by atoms with Crippen LogP contribution in [0.5, 0.6) is 17.2 Å².